The summed E-state index contributed by atoms with van der Waals surface area (Å²) in [4.78, 5) is 42.7. The average molecular weight is 491 g/mol. The molecule has 9 heteroatoms. The normalized spacial score (nSPS) is 23.3. The van der Waals surface area contributed by atoms with Crippen LogP contribution < -0.4 is 16.0 Å². The minimum absolute atomic E-state index is 0.000754. The predicted molar refractivity (Wildman–Crippen MR) is 136 cm³/mol. The Bertz CT molecular complexity index is 1280. The lowest BCUT2D eigenvalue weighted by molar-refractivity contribution is -0.127. The number of hydrogen-bond acceptors (Lipinski definition) is 7. The molecule has 0 bridgehead atoms. The number of nitrogens with zero attached hydrogens (tertiary/aromatic N) is 4. The highest BCUT2D eigenvalue weighted by Crippen LogP contribution is 2.57. The summed E-state index contributed by atoms with van der Waals surface area (Å²) in [6, 6.07) is 9.22. The van der Waals surface area contributed by atoms with Crippen LogP contribution in [0.25, 0.3) is 0 Å². The molecule has 1 unspecified atom stereocenters. The van der Waals surface area contributed by atoms with E-state index in [0.717, 1.165) is 0 Å². The second-order valence-electron chi connectivity index (χ2n) is 11.8. The number of nitrogens with two attached hydrogens (primary N) is 1. The Morgan fingerprint density at radius 1 is 1.19 bits per heavy atom. The molecule has 9 nitrogen and oxygen atoms in total. The van der Waals surface area contributed by atoms with E-state index in [-0.39, 0.29) is 47.0 Å². The smallest absolute Gasteiger partial charge is 0.248 e. The Hall–Kier alpha value is -3.64. The molecule has 1 aliphatic carbocycles. The van der Waals surface area contributed by atoms with E-state index in [2.05, 4.69) is 11.4 Å². The van der Waals surface area contributed by atoms with Gasteiger partial charge in [-0.25, -0.2) is 5.01 Å². The van der Waals surface area contributed by atoms with Crippen LogP contribution in [0.3, 0.4) is 0 Å². The summed E-state index contributed by atoms with van der Waals surface area (Å²) in [5.41, 5.74) is 5.96. The number of ketones is 1. The summed E-state index contributed by atoms with van der Waals surface area (Å²) in [5, 5.41) is 16.7. The van der Waals surface area contributed by atoms with Crippen molar-refractivity contribution >= 4 is 23.3 Å². The summed E-state index contributed by atoms with van der Waals surface area (Å²) < 4.78 is 0. The van der Waals surface area contributed by atoms with E-state index >= 15 is 0 Å². The van der Waals surface area contributed by atoms with Crippen molar-refractivity contribution in [1.29, 1.82) is 5.26 Å². The molecule has 0 radical (unpaired) electrons. The van der Waals surface area contributed by atoms with Gasteiger partial charge < -0.3 is 16.0 Å². The number of nitrogens with one attached hydrogen (secondary N) is 1. The fourth-order valence-electron chi connectivity index (χ4n) is 5.76. The highest BCUT2D eigenvalue weighted by Gasteiger charge is 2.63. The molecule has 2 amide bonds. The molecule has 0 saturated carbocycles. The van der Waals surface area contributed by atoms with Crippen LogP contribution in [0.15, 0.2) is 46.9 Å². The number of anilines is 1. The second kappa shape index (κ2) is 8.20. The number of benzene rings is 1. The number of nitriles is 1. The highest BCUT2D eigenvalue weighted by molar-refractivity contribution is 6.21. The number of fused-ring (bicyclic) bond motifs is 3. The van der Waals surface area contributed by atoms with Crippen LogP contribution in [0, 0.1) is 16.7 Å². The average Bonchev–Trinajstić information content (AvgIpc) is 2.95. The van der Waals surface area contributed by atoms with Gasteiger partial charge in [0.25, 0.3) is 0 Å². The molecule has 36 heavy (non-hydrogen) atoms. The minimum Gasteiger partial charge on any atom is -0.383 e. The molecule has 1 aromatic carbocycles. The maximum Gasteiger partial charge on any atom is 0.248 e. The van der Waals surface area contributed by atoms with Gasteiger partial charge in [0, 0.05) is 48.6 Å². The third-order valence-electron chi connectivity index (χ3n) is 6.84. The van der Waals surface area contributed by atoms with Gasteiger partial charge in [0.15, 0.2) is 5.78 Å². The van der Waals surface area contributed by atoms with Gasteiger partial charge in [0.1, 0.15) is 23.8 Å². The lowest BCUT2D eigenvalue weighted by atomic mass is 9.61. The first-order chi connectivity index (χ1) is 16.7. The Labute approximate surface area is 212 Å². The van der Waals surface area contributed by atoms with Crippen LogP contribution >= 0.6 is 0 Å². The number of allylic oxidation sites excluding steroid dienone is 1. The van der Waals surface area contributed by atoms with Gasteiger partial charge in [-0.1, -0.05) is 32.0 Å². The van der Waals surface area contributed by atoms with E-state index in [1.807, 2.05) is 34.6 Å². The van der Waals surface area contributed by atoms with Gasteiger partial charge in [-0.15, -0.1) is 0 Å². The largest absolute Gasteiger partial charge is 0.383 e. The fourth-order valence-corrected chi connectivity index (χ4v) is 5.76. The van der Waals surface area contributed by atoms with Crippen molar-refractivity contribution in [2.24, 2.45) is 11.1 Å². The van der Waals surface area contributed by atoms with E-state index in [1.165, 1.54) is 4.90 Å². The zero-order valence-electron chi connectivity index (χ0n) is 22.0. The van der Waals surface area contributed by atoms with E-state index in [9.17, 15) is 19.6 Å². The van der Waals surface area contributed by atoms with E-state index in [0.29, 0.717) is 23.4 Å². The Balaban J connectivity index is 2.01. The van der Waals surface area contributed by atoms with Crippen LogP contribution in [-0.4, -0.2) is 53.8 Å². The fraction of sp³-hybridized carbons (Fsp3) is 0.481. The number of carbonyl (C=O) groups is 3. The topological polar surface area (TPSA) is 123 Å². The summed E-state index contributed by atoms with van der Waals surface area (Å²) in [6.45, 7) is 9.34. The van der Waals surface area contributed by atoms with Crippen LogP contribution in [-0.2, 0) is 19.8 Å². The lowest BCUT2D eigenvalue weighted by Gasteiger charge is -2.48. The van der Waals surface area contributed by atoms with Gasteiger partial charge in [-0.3, -0.25) is 19.4 Å². The molecule has 0 aromatic heterocycles. The molecular formula is C27H34N6O3. The van der Waals surface area contributed by atoms with Crippen LogP contribution in [0.5, 0.6) is 0 Å². The molecule has 4 rings (SSSR count). The molecule has 1 aromatic rings. The SMILES string of the molecule is CN(C)N1C(N)=C(C#N)C2(C(=O)N(CC(=O)NC(C)(C)C)c3ccccc32)C2=C1CC(C)(C)CC2=O. The first-order valence-corrected chi connectivity index (χ1v) is 12.0. The van der Waals surface area contributed by atoms with Crippen molar-refractivity contribution in [1.82, 2.24) is 15.3 Å². The first kappa shape index (κ1) is 25.5. The van der Waals surface area contributed by atoms with Crippen LogP contribution in [0.1, 0.15) is 53.0 Å². The number of amides is 2. The molecule has 3 aliphatic rings. The van der Waals surface area contributed by atoms with Crippen LogP contribution in [0.2, 0.25) is 0 Å². The van der Waals surface area contributed by atoms with Gasteiger partial charge in [-0.05, 0) is 38.7 Å². The van der Waals surface area contributed by atoms with E-state index in [1.54, 1.807) is 48.4 Å². The summed E-state index contributed by atoms with van der Waals surface area (Å²) in [5.74, 6) is -0.936. The molecule has 1 atom stereocenters. The number of Topliss-reactive ketones (excluding diaryl/α,β-unsaturated/α-hetero) is 1. The van der Waals surface area contributed by atoms with E-state index in [4.69, 9.17) is 5.73 Å². The van der Waals surface area contributed by atoms with Crippen molar-refractivity contribution in [3.8, 4) is 6.07 Å². The minimum atomic E-state index is -1.70. The summed E-state index contributed by atoms with van der Waals surface area (Å²) in [6.07, 6.45) is 0.723. The monoisotopic (exact) mass is 490 g/mol. The number of carbonyl (C=O) groups excluding carboxylic acids is 3. The quantitative estimate of drug-likeness (QED) is 0.667. The lowest BCUT2D eigenvalue weighted by Crippen LogP contribution is -2.56. The number of hydrogen-bond donors (Lipinski definition) is 2. The molecule has 3 N–H and O–H groups in total. The summed E-state index contributed by atoms with van der Waals surface area (Å²) in [7, 11) is 3.56. The van der Waals surface area contributed by atoms with Crippen molar-refractivity contribution in [2.45, 2.75) is 58.4 Å². The summed E-state index contributed by atoms with van der Waals surface area (Å²) >= 11 is 0. The zero-order valence-corrected chi connectivity index (χ0v) is 22.0. The molecule has 2 aliphatic heterocycles. The number of rotatable bonds is 3. The van der Waals surface area contributed by atoms with Gasteiger partial charge in [0.2, 0.25) is 11.8 Å². The second-order valence-corrected chi connectivity index (χ2v) is 11.8. The third-order valence-corrected chi connectivity index (χ3v) is 6.84. The van der Waals surface area contributed by atoms with Gasteiger partial charge in [-0.2, -0.15) is 5.26 Å². The maximum absolute atomic E-state index is 14.5. The molecule has 1 spiro atoms. The molecule has 0 saturated heterocycles. The number of para-hydroxylation sites is 1. The highest BCUT2D eigenvalue weighted by atomic mass is 16.2. The first-order valence-electron chi connectivity index (χ1n) is 12.0. The Morgan fingerprint density at radius 2 is 1.83 bits per heavy atom. The van der Waals surface area contributed by atoms with Crippen LogP contribution in [0.4, 0.5) is 5.69 Å². The van der Waals surface area contributed by atoms with Crippen molar-refractivity contribution < 1.29 is 14.4 Å². The molecular weight excluding hydrogens is 456 g/mol. The molecule has 0 fully saturated rings. The van der Waals surface area contributed by atoms with E-state index < -0.39 is 16.9 Å². The third kappa shape index (κ3) is 3.68. The Morgan fingerprint density at radius 3 is 2.42 bits per heavy atom. The maximum atomic E-state index is 14.5. The standard InChI is InChI=1S/C27H34N6O3/c1-25(2,3)30-21(35)15-32-18-11-9-8-10-16(18)27(24(32)36)17(14-28)23(29)33(31(6)7)19-12-26(4,5)13-20(34)22(19)27/h8-11H,12-13,15,29H2,1-7H3,(H,30,35). The molecule has 2 heterocycles. The number of hydrazine groups is 1. The van der Waals surface area contributed by atoms with Gasteiger partial charge in [0.05, 0.1) is 5.57 Å². The van der Waals surface area contributed by atoms with Crippen molar-refractivity contribution in [3.05, 3.63) is 52.5 Å². The van der Waals surface area contributed by atoms with Crippen molar-refractivity contribution in [3.63, 3.8) is 0 Å². The zero-order chi connectivity index (χ0) is 26.8. The Kier molecular flexibility index (Phi) is 5.80. The van der Waals surface area contributed by atoms with Crippen molar-refractivity contribution in [2.75, 3.05) is 25.5 Å². The predicted octanol–water partition coefficient (Wildman–Crippen LogP) is 2.31. The molecule has 190 valence electrons. The van der Waals surface area contributed by atoms with Gasteiger partial charge >= 0.3 is 0 Å².